The molecule has 0 aromatic heterocycles. The Balaban J connectivity index is 2.37. The minimum atomic E-state index is 0.638. The molecule has 3 heteroatoms. The Morgan fingerprint density at radius 1 is 1.27 bits per heavy atom. The number of rotatable bonds is 4. The first-order valence-electron chi connectivity index (χ1n) is 5.97. The van der Waals surface area contributed by atoms with Gasteiger partial charge in [0.2, 0.25) is 0 Å². The highest BCUT2D eigenvalue weighted by atomic mass is 32.1. The van der Waals surface area contributed by atoms with E-state index in [1.807, 2.05) is 0 Å². The fourth-order valence-corrected chi connectivity index (χ4v) is 2.82. The maximum Gasteiger partial charge on any atom is 0.0740 e. The standard InChI is InChI=1S/C12H24N2S/c1-9-6-10(2)8-11(7-9)14(3)5-4-12(13)15/h9-11H,4-8H2,1-3H3,(H2,13,15). The second kappa shape index (κ2) is 5.80. The summed E-state index contributed by atoms with van der Waals surface area (Å²) in [7, 11) is 2.20. The molecule has 1 rings (SSSR count). The van der Waals surface area contributed by atoms with Crippen LogP contribution in [0.5, 0.6) is 0 Å². The van der Waals surface area contributed by atoms with Crippen LogP contribution in [0.3, 0.4) is 0 Å². The SMILES string of the molecule is CC1CC(C)CC(N(C)CCC(N)=S)C1. The fourth-order valence-electron chi connectivity index (χ4n) is 2.73. The molecule has 1 aliphatic rings. The smallest absolute Gasteiger partial charge is 0.0740 e. The maximum atomic E-state index is 5.53. The van der Waals surface area contributed by atoms with Gasteiger partial charge in [-0.3, -0.25) is 0 Å². The molecule has 2 N–H and O–H groups in total. The van der Waals surface area contributed by atoms with Crippen LogP contribution < -0.4 is 5.73 Å². The summed E-state index contributed by atoms with van der Waals surface area (Å²) in [5.74, 6) is 1.73. The monoisotopic (exact) mass is 228 g/mol. The minimum Gasteiger partial charge on any atom is -0.393 e. The molecule has 2 unspecified atom stereocenters. The van der Waals surface area contributed by atoms with Crippen molar-refractivity contribution in [3.05, 3.63) is 0 Å². The Morgan fingerprint density at radius 2 is 1.80 bits per heavy atom. The van der Waals surface area contributed by atoms with Gasteiger partial charge in [-0.05, 0) is 38.1 Å². The second-order valence-corrected chi connectivity index (χ2v) is 5.79. The largest absolute Gasteiger partial charge is 0.393 e. The van der Waals surface area contributed by atoms with Gasteiger partial charge in [-0.1, -0.05) is 26.1 Å². The summed E-state index contributed by atoms with van der Waals surface area (Å²) in [4.78, 5) is 3.07. The van der Waals surface area contributed by atoms with Crippen LogP contribution in [0.4, 0.5) is 0 Å². The van der Waals surface area contributed by atoms with Crippen molar-refractivity contribution in [1.82, 2.24) is 4.90 Å². The lowest BCUT2D eigenvalue weighted by Gasteiger charge is -2.37. The topological polar surface area (TPSA) is 29.3 Å². The number of nitrogens with two attached hydrogens (primary N) is 1. The molecule has 0 saturated heterocycles. The lowest BCUT2D eigenvalue weighted by atomic mass is 9.80. The lowest BCUT2D eigenvalue weighted by Crippen LogP contribution is -2.39. The zero-order valence-electron chi connectivity index (χ0n) is 10.2. The van der Waals surface area contributed by atoms with E-state index in [1.54, 1.807) is 0 Å². The number of hydrogen-bond acceptors (Lipinski definition) is 2. The van der Waals surface area contributed by atoms with Crippen molar-refractivity contribution >= 4 is 17.2 Å². The molecule has 2 nitrogen and oxygen atoms in total. The molecule has 2 atom stereocenters. The van der Waals surface area contributed by atoms with E-state index >= 15 is 0 Å². The van der Waals surface area contributed by atoms with Gasteiger partial charge in [-0.2, -0.15) is 0 Å². The molecule has 0 radical (unpaired) electrons. The molecular weight excluding hydrogens is 204 g/mol. The van der Waals surface area contributed by atoms with Crippen LogP contribution in [0.1, 0.15) is 39.5 Å². The Morgan fingerprint density at radius 3 is 2.27 bits per heavy atom. The summed E-state index contributed by atoms with van der Waals surface area (Å²) in [5.41, 5.74) is 5.53. The molecule has 88 valence electrons. The van der Waals surface area contributed by atoms with Gasteiger partial charge in [0.25, 0.3) is 0 Å². The summed E-state index contributed by atoms with van der Waals surface area (Å²) in [6, 6.07) is 0.734. The molecule has 0 aromatic carbocycles. The minimum absolute atomic E-state index is 0.638. The summed E-state index contributed by atoms with van der Waals surface area (Å²) >= 11 is 4.91. The van der Waals surface area contributed by atoms with Gasteiger partial charge in [0.05, 0.1) is 4.99 Å². The third-order valence-electron chi connectivity index (χ3n) is 3.49. The van der Waals surface area contributed by atoms with Gasteiger partial charge in [0.1, 0.15) is 0 Å². The van der Waals surface area contributed by atoms with Gasteiger partial charge in [-0.25, -0.2) is 0 Å². The summed E-state index contributed by atoms with van der Waals surface area (Å²) in [6.07, 6.45) is 4.90. The van der Waals surface area contributed by atoms with Crippen LogP contribution in [0.25, 0.3) is 0 Å². The normalized spacial score (nSPS) is 31.9. The fraction of sp³-hybridized carbons (Fsp3) is 0.917. The Kier molecular flexibility index (Phi) is 5.00. The van der Waals surface area contributed by atoms with E-state index in [9.17, 15) is 0 Å². The van der Waals surface area contributed by atoms with Crippen LogP contribution in [0, 0.1) is 11.8 Å². The first kappa shape index (κ1) is 12.9. The average molecular weight is 228 g/mol. The van der Waals surface area contributed by atoms with E-state index in [0.717, 1.165) is 30.8 Å². The third-order valence-corrected chi connectivity index (χ3v) is 3.69. The third kappa shape index (κ3) is 4.47. The van der Waals surface area contributed by atoms with Crippen LogP contribution in [-0.4, -0.2) is 29.5 Å². The Bertz CT molecular complexity index is 208. The van der Waals surface area contributed by atoms with Crippen LogP contribution >= 0.6 is 12.2 Å². The quantitative estimate of drug-likeness (QED) is 0.749. The van der Waals surface area contributed by atoms with E-state index in [-0.39, 0.29) is 0 Å². The van der Waals surface area contributed by atoms with Crippen molar-refractivity contribution in [2.24, 2.45) is 17.6 Å². The average Bonchev–Trinajstić information content (AvgIpc) is 2.12. The van der Waals surface area contributed by atoms with Gasteiger partial charge >= 0.3 is 0 Å². The van der Waals surface area contributed by atoms with E-state index in [1.165, 1.54) is 19.3 Å². The van der Waals surface area contributed by atoms with Crippen LogP contribution in [0.15, 0.2) is 0 Å². The highest BCUT2D eigenvalue weighted by Crippen LogP contribution is 2.30. The first-order chi connectivity index (χ1) is 6.99. The molecule has 1 aliphatic carbocycles. The van der Waals surface area contributed by atoms with Crippen LogP contribution in [-0.2, 0) is 0 Å². The molecule has 0 bridgehead atoms. The van der Waals surface area contributed by atoms with Crippen molar-refractivity contribution in [1.29, 1.82) is 0 Å². The Labute approximate surface area is 99.2 Å². The van der Waals surface area contributed by atoms with Crippen molar-refractivity contribution in [3.63, 3.8) is 0 Å². The lowest BCUT2D eigenvalue weighted by molar-refractivity contribution is 0.136. The summed E-state index contributed by atoms with van der Waals surface area (Å²) < 4.78 is 0. The van der Waals surface area contributed by atoms with E-state index in [0.29, 0.717) is 4.99 Å². The maximum absolute atomic E-state index is 5.53. The second-order valence-electron chi connectivity index (χ2n) is 5.27. The molecule has 1 saturated carbocycles. The van der Waals surface area contributed by atoms with E-state index in [2.05, 4.69) is 25.8 Å². The van der Waals surface area contributed by atoms with Crippen molar-refractivity contribution in [2.75, 3.05) is 13.6 Å². The molecule has 0 aromatic rings. The summed E-state index contributed by atoms with van der Waals surface area (Å²) in [5, 5.41) is 0. The highest BCUT2D eigenvalue weighted by molar-refractivity contribution is 7.80. The number of hydrogen-bond donors (Lipinski definition) is 1. The van der Waals surface area contributed by atoms with Crippen LogP contribution in [0.2, 0.25) is 0 Å². The van der Waals surface area contributed by atoms with Crippen molar-refractivity contribution in [2.45, 2.75) is 45.6 Å². The zero-order valence-corrected chi connectivity index (χ0v) is 11.0. The van der Waals surface area contributed by atoms with E-state index in [4.69, 9.17) is 18.0 Å². The molecular formula is C12H24N2S. The molecule has 0 amide bonds. The predicted molar refractivity (Wildman–Crippen MR) is 70.0 cm³/mol. The van der Waals surface area contributed by atoms with Gasteiger partial charge in [0, 0.05) is 19.0 Å². The van der Waals surface area contributed by atoms with Gasteiger partial charge in [-0.15, -0.1) is 0 Å². The number of thiocarbonyl (C=S) groups is 1. The van der Waals surface area contributed by atoms with Crippen molar-refractivity contribution in [3.8, 4) is 0 Å². The molecule has 0 spiro atoms. The van der Waals surface area contributed by atoms with Crippen molar-refractivity contribution < 1.29 is 0 Å². The molecule has 0 aliphatic heterocycles. The number of nitrogens with zero attached hydrogens (tertiary/aromatic N) is 1. The molecule has 0 heterocycles. The van der Waals surface area contributed by atoms with Gasteiger partial charge < -0.3 is 10.6 Å². The molecule has 1 fully saturated rings. The zero-order chi connectivity index (χ0) is 11.4. The Hall–Kier alpha value is -0.150. The predicted octanol–water partition coefficient (Wildman–Crippen LogP) is 2.42. The molecule has 15 heavy (non-hydrogen) atoms. The first-order valence-corrected chi connectivity index (χ1v) is 6.38. The summed E-state index contributed by atoms with van der Waals surface area (Å²) in [6.45, 7) is 5.74. The van der Waals surface area contributed by atoms with Gasteiger partial charge in [0.15, 0.2) is 0 Å². The van der Waals surface area contributed by atoms with E-state index < -0.39 is 0 Å². The highest BCUT2D eigenvalue weighted by Gasteiger charge is 2.26.